The van der Waals surface area contributed by atoms with Gasteiger partial charge in [0.25, 0.3) is 0 Å². The number of hydrogen-bond donors (Lipinski definition) is 1. The fourth-order valence-corrected chi connectivity index (χ4v) is 3.76. The van der Waals surface area contributed by atoms with Gasteiger partial charge in [-0.15, -0.1) is 0 Å². The smallest absolute Gasteiger partial charge is 0.112 e. The fourth-order valence-electron chi connectivity index (χ4n) is 3.76. The summed E-state index contributed by atoms with van der Waals surface area (Å²) >= 11 is 0. The van der Waals surface area contributed by atoms with E-state index in [4.69, 9.17) is 4.98 Å². The Morgan fingerprint density at radius 3 is 2.70 bits per heavy atom. The van der Waals surface area contributed by atoms with E-state index in [9.17, 15) is 0 Å². The summed E-state index contributed by atoms with van der Waals surface area (Å²) < 4.78 is 2.33. The Morgan fingerprint density at radius 2 is 2.10 bits per heavy atom. The van der Waals surface area contributed by atoms with E-state index in [1.54, 1.807) is 0 Å². The summed E-state index contributed by atoms with van der Waals surface area (Å²) in [5.74, 6) is 3.45. The molecule has 0 bridgehead atoms. The Morgan fingerprint density at radius 1 is 1.35 bits per heavy atom. The molecule has 2 rings (SSSR count). The molecule has 1 aliphatic rings. The summed E-state index contributed by atoms with van der Waals surface area (Å²) in [5.41, 5.74) is 0.409. The third kappa shape index (κ3) is 3.25. The summed E-state index contributed by atoms with van der Waals surface area (Å²) in [6.45, 7) is 11.5. The summed E-state index contributed by atoms with van der Waals surface area (Å²) in [5, 5.41) is 3.38. The Bertz CT molecular complexity index is 416. The van der Waals surface area contributed by atoms with Crippen LogP contribution in [0.1, 0.15) is 58.7 Å². The third-order valence-electron chi connectivity index (χ3n) is 5.10. The van der Waals surface area contributed by atoms with Gasteiger partial charge in [-0.3, -0.25) is 0 Å². The first kappa shape index (κ1) is 15.6. The molecule has 1 fully saturated rings. The van der Waals surface area contributed by atoms with Crippen LogP contribution in [0, 0.1) is 17.3 Å². The largest absolute Gasteiger partial charge is 0.335 e. The van der Waals surface area contributed by atoms with Gasteiger partial charge in [-0.2, -0.15) is 0 Å². The molecule has 0 aromatic carbocycles. The van der Waals surface area contributed by atoms with Gasteiger partial charge in [0.05, 0.1) is 0 Å². The summed E-state index contributed by atoms with van der Waals surface area (Å²) in [6, 6.07) is 0. The SMILES string of the molecule is CCn1ccnc1C1CC(C(C)(C)C)CCC1CNC. The maximum atomic E-state index is 4.69. The molecule has 0 aliphatic heterocycles. The van der Waals surface area contributed by atoms with Crippen LogP contribution < -0.4 is 5.32 Å². The zero-order chi connectivity index (χ0) is 14.8. The normalized spacial score (nSPS) is 27.8. The zero-order valence-electron chi connectivity index (χ0n) is 13.8. The monoisotopic (exact) mass is 277 g/mol. The lowest BCUT2D eigenvalue weighted by molar-refractivity contribution is 0.126. The van der Waals surface area contributed by atoms with Crippen LogP contribution in [0.3, 0.4) is 0 Å². The zero-order valence-corrected chi connectivity index (χ0v) is 13.8. The van der Waals surface area contributed by atoms with Gasteiger partial charge >= 0.3 is 0 Å². The first-order valence-electron chi connectivity index (χ1n) is 8.13. The van der Waals surface area contributed by atoms with E-state index in [1.807, 2.05) is 6.20 Å². The van der Waals surface area contributed by atoms with E-state index < -0.39 is 0 Å². The number of imidazole rings is 1. The van der Waals surface area contributed by atoms with Crippen LogP contribution in [-0.2, 0) is 6.54 Å². The topological polar surface area (TPSA) is 29.9 Å². The number of rotatable bonds is 4. The van der Waals surface area contributed by atoms with Crippen LogP contribution in [0.5, 0.6) is 0 Å². The van der Waals surface area contributed by atoms with Gasteiger partial charge in [-0.25, -0.2) is 4.98 Å². The fraction of sp³-hybridized carbons (Fsp3) is 0.824. The highest BCUT2D eigenvalue weighted by Gasteiger charge is 2.37. The van der Waals surface area contributed by atoms with Gasteiger partial charge in [-0.05, 0) is 57.0 Å². The molecule has 3 atom stereocenters. The number of nitrogens with zero attached hydrogens (tertiary/aromatic N) is 2. The van der Waals surface area contributed by atoms with Crippen molar-refractivity contribution in [2.24, 2.45) is 17.3 Å². The van der Waals surface area contributed by atoms with E-state index in [2.05, 4.69) is 50.8 Å². The maximum absolute atomic E-state index is 4.69. The van der Waals surface area contributed by atoms with Crippen molar-refractivity contribution in [1.29, 1.82) is 0 Å². The molecule has 1 heterocycles. The highest BCUT2D eigenvalue weighted by Crippen LogP contribution is 2.46. The van der Waals surface area contributed by atoms with Crippen LogP contribution >= 0.6 is 0 Å². The van der Waals surface area contributed by atoms with Crippen LogP contribution in [-0.4, -0.2) is 23.1 Å². The van der Waals surface area contributed by atoms with Crippen molar-refractivity contribution in [2.75, 3.05) is 13.6 Å². The predicted octanol–water partition coefficient (Wildman–Crippen LogP) is 3.67. The number of aryl methyl sites for hydroxylation is 1. The second-order valence-corrected chi connectivity index (χ2v) is 7.37. The Balaban J connectivity index is 2.23. The van der Waals surface area contributed by atoms with Crippen molar-refractivity contribution in [3.63, 3.8) is 0 Å². The highest BCUT2D eigenvalue weighted by molar-refractivity contribution is 5.06. The lowest BCUT2D eigenvalue weighted by atomic mass is 9.65. The van der Waals surface area contributed by atoms with Gasteiger partial charge in [0.2, 0.25) is 0 Å². The molecule has 0 spiro atoms. The lowest BCUT2D eigenvalue weighted by Crippen LogP contribution is -2.35. The number of aromatic nitrogens is 2. The average Bonchev–Trinajstić information content (AvgIpc) is 2.86. The van der Waals surface area contributed by atoms with Crippen LogP contribution in [0.2, 0.25) is 0 Å². The molecule has 3 unspecified atom stereocenters. The lowest BCUT2D eigenvalue weighted by Gasteiger charge is -2.41. The maximum Gasteiger partial charge on any atom is 0.112 e. The second-order valence-electron chi connectivity index (χ2n) is 7.37. The molecule has 0 saturated heterocycles. The van der Waals surface area contributed by atoms with E-state index in [0.29, 0.717) is 11.3 Å². The Kier molecular flexibility index (Phi) is 4.90. The average molecular weight is 277 g/mol. The van der Waals surface area contributed by atoms with Crippen LogP contribution in [0.4, 0.5) is 0 Å². The van der Waals surface area contributed by atoms with E-state index in [0.717, 1.165) is 24.9 Å². The third-order valence-corrected chi connectivity index (χ3v) is 5.10. The van der Waals surface area contributed by atoms with Gasteiger partial charge in [0, 0.05) is 24.9 Å². The van der Waals surface area contributed by atoms with Crippen LogP contribution in [0.15, 0.2) is 12.4 Å². The predicted molar refractivity (Wildman–Crippen MR) is 84.9 cm³/mol. The minimum absolute atomic E-state index is 0.409. The Hall–Kier alpha value is -0.830. The van der Waals surface area contributed by atoms with Crippen LogP contribution in [0.25, 0.3) is 0 Å². The molecular formula is C17H31N3. The summed E-state index contributed by atoms with van der Waals surface area (Å²) in [4.78, 5) is 4.69. The molecule has 0 radical (unpaired) electrons. The van der Waals surface area contributed by atoms with Crippen molar-refractivity contribution in [3.8, 4) is 0 Å². The van der Waals surface area contributed by atoms with E-state index in [1.165, 1.54) is 25.1 Å². The van der Waals surface area contributed by atoms with Gasteiger partial charge in [-0.1, -0.05) is 20.8 Å². The first-order chi connectivity index (χ1) is 9.47. The standard InChI is InChI=1S/C17H31N3/c1-6-20-10-9-19-16(20)15-11-14(17(2,3)4)8-7-13(15)12-18-5/h9-10,13-15,18H,6-8,11-12H2,1-5H3. The molecule has 1 aromatic rings. The molecule has 1 saturated carbocycles. The molecule has 3 nitrogen and oxygen atoms in total. The van der Waals surface area contributed by atoms with Crippen molar-refractivity contribution in [2.45, 2.75) is 59.4 Å². The van der Waals surface area contributed by atoms with Crippen molar-refractivity contribution in [3.05, 3.63) is 18.2 Å². The van der Waals surface area contributed by atoms with E-state index >= 15 is 0 Å². The molecule has 1 aromatic heterocycles. The summed E-state index contributed by atoms with van der Waals surface area (Å²) in [7, 11) is 2.07. The van der Waals surface area contributed by atoms with E-state index in [-0.39, 0.29) is 0 Å². The molecule has 114 valence electrons. The Labute approximate surface area is 124 Å². The van der Waals surface area contributed by atoms with Gasteiger partial charge in [0.1, 0.15) is 5.82 Å². The van der Waals surface area contributed by atoms with Gasteiger partial charge < -0.3 is 9.88 Å². The quantitative estimate of drug-likeness (QED) is 0.910. The second kappa shape index (κ2) is 6.30. The molecule has 20 heavy (non-hydrogen) atoms. The summed E-state index contributed by atoms with van der Waals surface area (Å²) in [6.07, 6.45) is 8.07. The number of hydrogen-bond acceptors (Lipinski definition) is 2. The van der Waals surface area contributed by atoms with Crippen molar-refractivity contribution < 1.29 is 0 Å². The molecule has 0 amide bonds. The van der Waals surface area contributed by atoms with Gasteiger partial charge in [0.15, 0.2) is 0 Å². The minimum Gasteiger partial charge on any atom is -0.335 e. The highest BCUT2D eigenvalue weighted by atomic mass is 15.1. The first-order valence-corrected chi connectivity index (χ1v) is 8.13. The number of nitrogens with one attached hydrogen (secondary N) is 1. The molecule has 1 N–H and O–H groups in total. The molecular weight excluding hydrogens is 246 g/mol. The minimum atomic E-state index is 0.409. The van der Waals surface area contributed by atoms with Crippen molar-refractivity contribution in [1.82, 2.24) is 14.9 Å². The molecule has 3 heteroatoms. The molecule has 1 aliphatic carbocycles. The van der Waals surface area contributed by atoms with Crippen molar-refractivity contribution >= 4 is 0 Å².